The average Bonchev–Trinajstić information content (AvgIpc) is 2.78. The maximum Gasteiger partial charge on any atom is 0.269 e. The van der Waals surface area contributed by atoms with Gasteiger partial charge in [-0.2, -0.15) is 0 Å². The van der Waals surface area contributed by atoms with E-state index < -0.39 is 10.0 Å². The zero-order valence-corrected chi connectivity index (χ0v) is 11.6. The molecule has 2 heterocycles. The second kappa shape index (κ2) is 4.49. The van der Waals surface area contributed by atoms with Crippen LogP contribution in [0.15, 0.2) is 53.6 Å². The third-order valence-corrected chi connectivity index (χ3v) is 4.96. The lowest BCUT2D eigenvalue weighted by Gasteiger charge is -2.09. The summed E-state index contributed by atoms with van der Waals surface area (Å²) in [5.74, 6) is 0. The van der Waals surface area contributed by atoms with Crippen molar-refractivity contribution < 1.29 is 8.42 Å². The summed E-state index contributed by atoms with van der Waals surface area (Å²) in [6.07, 6.45) is 1.51. The molecular weight excluding hydrogens is 271 g/mol. The molecule has 98 valence electrons. The molecule has 0 aliphatic carbocycles. The molecule has 4 nitrogen and oxygen atoms in total. The molecule has 1 aromatic carbocycles. The van der Waals surface area contributed by atoms with Crippen molar-refractivity contribution in [3.63, 3.8) is 0 Å². The Bertz CT molecular complexity index is 886. The highest BCUT2D eigenvalue weighted by Crippen LogP contribution is 2.22. The number of nitrogens with zero attached hydrogens (tertiary/aromatic N) is 2. The minimum atomic E-state index is -3.67. The van der Waals surface area contributed by atoms with Crippen LogP contribution >= 0.6 is 0 Å². The molecule has 0 amide bonds. The molecule has 0 saturated carbocycles. The topological polar surface area (TPSA) is 52.0 Å². The van der Waals surface area contributed by atoms with Gasteiger partial charge in [0.2, 0.25) is 0 Å². The highest BCUT2D eigenvalue weighted by atomic mass is 32.2. The highest BCUT2D eigenvalue weighted by molar-refractivity contribution is 7.90. The van der Waals surface area contributed by atoms with Crippen LogP contribution in [0.5, 0.6) is 0 Å². The molecular formula is C14H11BN2O2S. The summed E-state index contributed by atoms with van der Waals surface area (Å²) in [5.41, 5.74) is 1.45. The van der Waals surface area contributed by atoms with Gasteiger partial charge in [0, 0.05) is 17.3 Å². The van der Waals surface area contributed by atoms with E-state index in [2.05, 4.69) is 4.98 Å². The van der Waals surface area contributed by atoms with Crippen molar-refractivity contribution in [2.24, 2.45) is 0 Å². The van der Waals surface area contributed by atoms with Gasteiger partial charge in [0.05, 0.1) is 4.90 Å². The summed E-state index contributed by atoms with van der Waals surface area (Å²) in [6, 6.07) is 11.7. The minimum absolute atomic E-state index is 0.227. The molecule has 0 atom stereocenters. The number of rotatable bonds is 2. The van der Waals surface area contributed by atoms with Gasteiger partial charge in [-0.15, -0.1) is 0 Å². The van der Waals surface area contributed by atoms with Crippen LogP contribution in [0.3, 0.4) is 0 Å². The van der Waals surface area contributed by atoms with Crippen molar-refractivity contribution in [3.8, 4) is 0 Å². The minimum Gasteiger partial charge on any atom is -0.237 e. The molecule has 0 aliphatic heterocycles. The van der Waals surface area contributed by atoms with E-state index >= 15 is 0 Å². The zero-order chi connectivity index (χ0) is 14.3. The summed E-state index contributed by atoms with van der Waals surface area (Å²) in [7, 11) is 2.20. The van der Waals surface area contributed by atoms with Crippen LogP contribution in [-0.2, 0) is 10.0 Å². The number of aryl methyl sites for hydroxylation is 1. The van der Waals surface area contributed by atoms with E-state index in [-0.39, 0.29) is 4.90 Å². The number of aromatic nitrogens is 2. The van der Waals surface area contributed by atoms with Crippen LogP contribution in [0.25, 0.3) is 11.0 Å². The van der Waals surface area contributed by atoms with Gasteiger partial charge in [-0.05, 0) is 25.1 Å². The molecule has 2 radical (unpaired) electrons. The van der Waals surface area contributed by atoms with Crippen molar-refractivity contribution in [3.05, 3.63) is 54.4 Å². The van der Waals surface area contributed by atoms with Crippen molar-refractivity contribution in [1.82, 2.24) is 8.96 Å². The second-order valence-corrected chi connectivity index (χ2v) is 6.29. The first-order chi connectivity index (χ1) is 9.51. The summed E-state index contributed by atoms with van der Waals surface area (Å²) >= 11 is 0. The van der Waals surface area contributed by atoms with E-state index in [1.807, 2.05) is 0 Å². The average molecular weight is 282 g/mol. The maximum absolute atomic E-state index is 12.7. The van der Waals surface area contributed by atoms with Crippen molar-refractivity contribution >= 4 is 34.4 Å². The Balaban J connectivity index is 2.36. The Morgan fingerprint density at radius 3 is 2.55 bits per heavy atom. The Morgan fingerprint density at radius 2 is 1.85 bits per heavy atom. The van der Waals surface area contributed by atoms with E-state index in [4.69, 9.17) is 7.85 Å². The van der Waals surface area contributed by atoms with Crippen LogP contribution in [0.4, 0.5) is 0 Å². The van der Waals surface area contributed by atoms with E-state index in [1.54, 1.807) is 49.4 Å². The van der Waals surface area contributed by atoms with Crippen LogP contribution in [0.1, 0.15) is 5.69 Å². The van der Waals surface area contributed by atoms with Gasteiger partial charge >= 0.3 is 0 Å². The third kappa shape index (κ3) is 1.84. The molecule has 0 aliphatic rings. The quantitative estimate of drug-likeness (QED) is 0.667. The van der Waals surface area contributed by atoms with Crippen molar-refractivity contribution in [1.29, 1.82) is 0 Å². The van der Waals surface area contributed by atoms with E-state index in [9.17, 15) is 8.42 Å². The van der Waals surface area contributed by atoms with Gasteiger partial charge in [-0.1, -0.05) is 29.7 Å². The number of benzene rings is 1. The monoisotopic (exact) mass is 282 g/mol. The maximum atomic E-state index is 12.7. The number of hydrogen-bond donors (Lipinski definition) is 0. The van der Waals surface area contributed by atoms with Crippen LogP contribution < -0.4 is 5.46 Å². The predicted molar refractivity (Wildman–Crippen MR) is 78.9 cm³/mol. The fourth-order valence-electron chi connectivity index (χ4n) is 2.22. The van der Waals surface area contributed by atoms with Gasteiger partial charge < -0.3 is 0 Å². The standard InChI is InChI=1S/C14H11BN2O2S/c1-10-9-12-13(15)7-8-16-14(12)17(10)20(18,19)11-5-3-2-4-6-11/h2-9H,1H3. The van der Waals surface area contributed by atoms with E-state index in [1.165, 1.54) is 10.2 Å². The van der Waals surface area contributed by atoms with Crippen LogP contribution in [0, 0.1) is 6.92 Å². The van der Waals surface area contributed by atoms with Crippen molar-refractivity contribution in [2.75, 3.05) is 0 Å². The van der Waals surface area contributed by atoms with Gasteiger partial charge in [0.1, 0.15) is 7.85 Å². The Hall–Kier alpha value is -2.08. The Morgan fingerprint density at radius 1 is 1.15 bits per heavy atom. The van der Waals surface area contributed by atoms with Crippen LogP contribution in [0.2, 0.25) is 0 Å². The first kappa shape index (κ1) is 12.9. The summed E-state index contributed by atoms with van der Waals surface area (Å²) < 4.78 is 26.7. The van der Waals surface area contributed by atoms with E-state index in [0.29, 0.717) is 22.2 Å². The first-order valence-electron chi connectivity index (χ1n) is 6.05. The molecule has 0 fully saturated rings. The second-order valence-electron chi connectivity index (χ2n) is 4.51. The first-order valence-corrected chi connectivity index (χ1v) is 7.49. The molecule has 0 saturated heterocycles. The Kier molecular flexibility index (Phi) is 2.90. The number of fused-ring (bicyclic) bond motifs is 1. The molecule has 20 heavy (non-hydrogen) atoms. The van der Waals surface area contributed by atoms with Crippen molar-refractivity contribution in [2.45, 2.75) is 11.8 Å². The number of pyridine rings is 1. The van der Waals surface area contributed by atoms with E-state index in [0.717, 1.165) is 0 Å². The smallest absolute Gasteiger partial charge is 0.237 e. The molecule has 0 N–H and O–H groups in total. The Labute approximate surface area is 118 Å². The SMILES string of the molecule is [B]c1ccnc2c1cc(C)n2S(=O)(=O)c1ccccc1. The molecule has 2 aromatic heterocycles. The largest absolute Gasteiger partial charge is 0.269 e. The lowest BCUT2D eigenvalue weighted by Crippen LogP contribution is -2.15. The van der Waals surface area contributed by atoms with Gasteiger partial charge in [0.15, 0.2) is 5.65 Å². The van der Waals surface area contributed by atoms with Gasteiger partial charge in [0.25, 0.3) is 10.0 Å². The van der Waals surface area contributed by atoms with Gasteiger partial charge in [-0.3, -0.25) is 0 Å². The van der Waals surface area contributed by atoms with Crippen LogP contribution in [-0.4, -0.2) is 25.2 Å². The molecule has 0 bridgehead atoms. The normalized spacial score (nSPS) is 11.8. The number of hydrogen-bond acceptors (Lipinski definition) is 3. The fourth-order valence-corrected chi connectivity index (χ4v) is 3.74. The van der Waals surface area contributed by atoms with Gasteiger partial charge in [-0.25, -0.2) is 17.4 Å². The molecule has 0 unspecified atom stereocenters. The molecule has 3 rings (SSSR count). The fraction of sp³-hybridized carbons (Fsp3) is 0.0714. The summed E-state index contributed by atoms with van der Waals surface area (Å²) in [5, 5.41) is 0.643. The predicted octanol–water partition coefficient (Wildman–Crippen LogP) is 1.38. The molecule has 3 aromatic rings. The molecule has 0 spiro atoms. The summed E-state index contributed by atoms with van der Waals surface area (Å²) in [4.78, 5) is 4.39. The summed E-state index contributed by atoms with van der Waals surface area (Å²) in [6.45, 7) is 1.72. The third-order valence-electron chi connectivity index (χ3n) is 3.15. The molecule has 6 heteroatoms. The lowest BCUT2D eigenvalue weighted by atomic mass is 9.94. The highest BCUT2D eigenvalue weighted by Gasteiger charge is 2.22. The lowest BCUT2D eigenvalue weighted by molar-refractivity contribution is 0.587. The zero-order valence-electron chi connectivity index (χ0n) is 10.8.